The van der Waals surface area contributed by atoms with Gasteiger partial charge in [0.1, 0.15) is 5.75 Å². The molecule has 1 N–H and O–H groups in total. The maximum absolute atomic E-state index is 10.1. The summed E-state index contributed by atoms with van der Waals surface area (Å²) >= 11 is 0. The molecule has 94 valence electrons. The topological polar surface area (TPSA) is 38.7 Å². The number of para-hydroxylation sites is 1. The Labute approximate surface area is 107 Å². The largest absolute Gasteiger partial charge is 0.504 e. The van der Waals surface area contributed by atoms with E-state index in [1.54, 1.807) is 20.3 Å². The molecular weight excluding hydrogens is 228 g/mol. The minimum absolute atomic E-state index is 0.160. The van der Waals surface area contributed by atoms with Gasteiger partial charge in [-0.2, -0.15) is 0 Å². The van der Waals surface area contributed by atoms with E-state index in [4.69, 9.17) is 9.47 Å². The van der Waals surface area contributed by atoms with Crippen molar-refractivity contribution in [1.82, 2.24) is 0 Å². The monoisotopic (exact) mass is 244 g/mol. The van der Waals surface area contributed by atoms with Crippen molar-refractivity contribution in [3.05, 3.63) is 42.0 Å². The van der Waals surface area contributed by atoms with Crippen LogP contribution in [0.4, 0.5) is 0 Å². The number of aromatic hydroxyl groups is 1. The number of phenols is 1. The van der Waals surface area contributed by atoms with E-state index in [2.05, 4.69) is 0 Å². The quantitative estimate of drug-likeness (QED) is 0.899. The lowest BCUT2D eigenvalue weighted by Crippen LogP contribution is -1.90. The zero-order chi connectivity index (χ0) is 13.1. The van der Waals surface area contributed by atoms with Crippen LogP contribution in [-0.2, 0) is 0 Å². The van der Waals surface area contributed by atoms with Crippen LogP contribution in [-0.4, -0.2) is 19.3 Å². The molecule has 3 heteroatoms. The van der Waals surface area contributed by atoms with E-state index in [0.29, 0.717) is 5.75 Å². The molecule has 0 amide bonds. The van der Waals surface area contributed by atoms with Gasteiger partial charge in [-0.1, -0.05) is 18.2 Å². The molecule has 0 aliphatic rings. The summed E-state index contributed by atoms with van der Waals surface area (Å²) in [5.41, 5.74) is 2.76. The summed E-state index contributed by atoms with van der Waals surface area (Å²) in [6, 6.07) is 11.2. The second-order valence-corrected chi connectivity index (χ2v) is 4.04. The van der Waals surface area contributed by atoms with Crippen LogP contribution < -0.4 is 9.47 Å². The van der Waals surface area contributed by atoms with Gasteiger partial charge in [0, 0.05) is 5.56 Å². The van der Waals surface area contributed by atoms with Crippen molar-refractivity contribution in [1.29, 1.82) is 0 Å². The first-order valence-corrected chi connectivity index (χ1v) is 5.68. The fourth-order valence-electron chi connectivity index (χ4n) is 1.97. The molecule has 0 fully saturated rings. The first-order chi connectivity index (χ1) is 8.67. The van der Waals surface area contributed by atoms with Gasteiger partial charge in [-0.3, -0.25) is 0 Å². The Hall–Kier alpha value is -2.16. The van der Waals surface area contributed by atoms with Crippen LogP contribution in [0.1, 0.15) is 5.56 Å². The third-order valence-corrected chi connectivity index (χ3v) is 2.94. The summed E-state index contributed by atoms with van der Waals surface area (Å²) in [5, 5.41) is 10.1. The fraction of sp³-hybridized carbons (Fsp3) is 0.200. The summed E-state index contributed by atoms with van der Waals surface area (Å²) in [7, 11) is 3.18. The third kappa shape index (κ3) is 2.12. The lowest BCUT2D eigenvalue weighted by molar-refractivity contribution is 0.374. The Morgan fingerprint density at radius 3 is 2.33 bits per heavy atom. The Kier molecular flexibility index (Phi) is 3.42. The third-order valence-electron chi connectivity index (χ3n) is 2.94. The van der Waals surface area contributed by atoms with Crippen molar-refractivity contribution in [3.8, 4) is 28.4 Å². The van der Waals surface area contributed by atoms with E-state index < -0.39 is 0 Å². The smallest absolute Gasteiger partial charge is 0.165 e. The van der Waals surface area contributed by atoms with Gasteiger partial charge < -0.3 is 14.6 Å². The molecule has 2 aromatic rings. The lowest BCUT2D eigenvalue weighted by Gasteiger charge is -2.12. The molecule has 0 atom stereocenters. The van der Waals surface area contributed by atoms with E-state index >= 15 is 0 Å². The number of hydrogen-bond acceptors (Lipinski definition) is 3. The molecular formula is C15H16O3. The van der Waals surface area contributed by atoms with E-state index in [-0.39, 0.29) is 5.75 Å². The second kappa shape index (κ2) is 5.00. The normalized spacial score (nSPS) is 10.2. The first kappa shape index (κ1) is 12.3. The SMILES string of the molecule is COc1ccc(-c2cccc(OC)c2O)c(C)c1. The number of ether oxygens (including phenoxy) is 2. The fourth-order valence-corrected chi connectivity index (χ4v) is 1.97. The molecule has 0 bridgehead atoms. The van der Waals surface area contributed by atoms with E-state index in [1.165, 1.54) is 0 Å². The number of rotatable bonds is 3. The zero-order valence-corrected chi connectivity index (χ0v) is 10.7. The Morgan fingerprint density at radius 2 is 1.72 bits per heavy atom. The molecule has 0 radical (unpaired) electrons. The van der Waals surface area contributed by atoms with Gasteiger partial charge >= 0.3 is 0 Å². The van der Waals surface area contributed by atoms with E-state index in [0.717, 1.165) is 22.4 Å². The Bertz CT molecular complexity index is 562. The maximum atomic E-state index is 10.1. The molecule has 18 heavy (non-hydrogen) atoms. The molecule has 0 saturated heterocycles. The van der Waals surface area contributed by atoms with Crippen molar-refractivity contribution in [2.24, 2.45) is 0 Å². The predicted molar refractivity (Wildman–Crippen MR) is 71.4 cm³/mol. The average Bonchev–Trinajstić information content (AvgIpc) is 2.39. The van der Waals surface area contributed by atoms with E-state index in [9.17, 15) is 5.11 Å². The Morgan fingerprint density at radius 1 is 0.944 bits per heavy atom. The van der Waals surface area contributed by atoms with Crippen LogP contribution in [0, 0.1) is 6.92 Å². The number of benzene rings is 2. The van der Waals surface area contributed by atoms with Crippen molar-refractivity contribution in [3.63, 3.8) is 0 Å². The highest BCUT2D eigenvalue weighted by Gasteiger charge is 2.11. The molecule has 0 aromatic heterocycles. The highest BCUT2D eigenvalue weighted by molar-refractivity contribution is 5.76. The zero-order valence-electron chi connectivity index (χ0n) is 10.7. The van der Waals surface area contributed by atoms with Crippen LogP contribution in [0.3, 0.4) is 0 Å². The first-order valence-electron chi connectivity index (χ1n) is 5.68. The molecule has 2 aromatic carbocycles. The van der Waals surface area contributed by atoms with Gasteiger partial charge in [0.25, 0.3) is 0 Å². The highest BCUT2D eigenvalue weighted by Crippen LogP contribution is 2.38. The van der Waals surface area contributed by atoms with Crippen molar-refractivity contribution in [2.45, 2.75) is 6.92 Å². The number of methoxy groups -OCH3 is 2. The average molecular weight is 244 g/mol. The summed E-state index contributed by atoms with van der Waals surface area (Å²) < 4.78 is 10.3. The van der Waals surface area contributed by atoms with Crippen LogP contribution in [0.2, 0.25) is 0 Å². The van der Waals surface area contributed by atoms with Gasteiger partial charge in [-0.15, -0.1) is 0 Å². The van der Waals surface area contributed by atoms with Crippen LogP contribution in [0.25, 0.3) is 11.1 Å². The summed E-state index contributed by atoms with van der Waals surface area (Å²) in [5.74, 6) is 1.44. The van der Waals surface area contributed by atoms with Crippen LogP contribution >= 0.6 is 0 Å². The van der Waals surface area contributed by atoms with Crippen molar-refractivity contribution in [2.75, 3.05) is 14.2 Å². The van der Waals surface area contributed by atoms with Crippen molar-refractivity contribution >= 4 is 0 Å². The summed E-state index contributed by atoms with van der Waals surface area (Å²) in [6.07, 6.45) is 0. The molecule has 0 heterocycles. The minimum Gasteiger partial charge on any atom is -0.504 e. The van der Waals surface area contributed by atoms with Gasteiger partial charge in [-0.25, -0.2) is 0 Å². The molecule has 0 aliphatic carbocycles. The lowest BCUT2D eigenvalue weighted by atomic mass is 9.99. The van der Waals surface area contributed by atoms with E-state index in [1.807, 2.05) is 37.3 Å². The van der Waals surface area contributed by atoms with Crippen molar-refractivity contribution < 1.29 is 14.6 Å². The van der Waals surface area contributed by atoms with Gasteiger partial charge in [-0.05, 0) is 36.2 Å². The molecule has 2 rings (SSSR count). The van der Waals surface area contributed by atoms with Crippen LogP contribution in [0.5, 0.6) is 17.2 Å². The predicted octanol–water partition coefficient (Wildman–Crippen LogP) is 3.38. The Balaban J connectivity index is 2.55. The van der Waals surface area contributed by atoms with Gasteiger partial charge in [0.05, 0.1) is 14.2 Å². The van der Waals surface area contributed by atoms with Crippen LogP contribution in [0.15, 0.2) is 36.4 Å². The molecule has 0 spiro atoms. The number of hydrogen-bond donors (Lipinski definition) is 1. The maximum Gasteiger partial charge on any atom is 0.165 e. The molecule has 0 unspecified atom stereocenters. The summed E-state index contributed by atoms with van der Waals surface area (Å²) in [6.45, 7) is 1.98. The standard InChI is InChI=1S/C15H16O3/c1-10-9-11(17-2)7-8-12(10)13-5-4-6-14(18-3)15(13)16/h4-9,16H,1-3H3. The molecule has 0 aliphatic heterocycles. The number of aryl methyl sites for hydroxylation is 1. The summed E-state index contributed by atoms with van der Waals surface area (Å²) in [4.78, 5) is 0. The van der Waals surface area contributed by atoms with Gasteiger partial charge in [0.15, 0.2) is 11.5 Å². The highest BCUT2D eigenvalue weighted by atomic mass is 16.5. The molecule has 0 saturated carbocycles. The van der Waals surface area contributed by atoms with Gasteiger partial charge in [0.2, 0.25) is 0 Å². The second-order valence-electron chi connectivity index (χ2n) is 4.04. The molecule has 3 nitrogen and oxygen atoms in total. The minimum atomic E-state index is 0.160. The number of phenolic OH excluding ortho intramolecular Hbond substituents is 1.